The molecule has 0 aromatic carbocycles. The van der Waals surface area contributed by atoms with E-state index in [9.17, 15) is 4.79 Å². The zero-order chi connectivity index (χ0) is 17.1. The molecule has 2 rings (SSSR count). The lowest BCUT2D eigenvalue weighted by Crippen LogP contribution is -2.63. The summed E-state index contributed by atoms with van der Waals surface area (Å²) in [5, 5.41) is 0.0376. The number of fused-ring (bicyclic) bond motifs is 2. The molecule has 3 atom stereocenters. The molecule has 2 aliphatic rings. The first kappa shape index (κ1) is 17.6. The van der Waals surface area contributed by atoms with E-state index in [-0.39, 0.29) is 16.7 Å². The standard InChI is InChI=1S/C18H30O3Si/c1-12(2)18-11-10-17(7,21-18)13(3)14(19)15(18)20-22(8,9)16(4,5)6/h10-12,15H,3H2,1-2,4-9H3/t15-,17-,18-/m1/s1. The highest BCUT2D eigenvalue weighted by Crippen LogP contribution is 2.50. The normalized spacial score (nSPS) is 35.6. The fourth-order valence-corrected chi connectivity index (χ4v) is 4.10. The fraction of sp³-hybridized carbons (Fsp3) is 0.722. The molecule has 1 fully saturated rings. The Morgan fingerprint density at radius 1 is 1.32 bits per heavy atom. The molecule has 0 spiro atoms. The second-order valence-electron chi connectivity index (χ2n) is 8.65. The van der Waals surface area contributed by atoms with Crippen molar-refractivity contribution in [1.29, 1.82) is 0 Å². The molecule has 22 heavy (non-hydrogen) atoms. The summed E-state index contributed by atoms with van der Waals surface area (Å²) >= 11 is 0. The number of hydrogen-bond acceptors (Lipinski definition) is 3. The smallest absolute Gasteiger partial charge is 0.193 e. The summed E-state index contributed by atoms with van der Waals surface area (Å²) in [6.45, 7) is 20.9. The molecule has 2 aliphatic heterocycles. The van der Waals surface area contributed by atoms with Crippen molar-refractivity contribution in [2.45, 2.75) is 77.0 Å². The van der Waals surface area contributed by atoms with Crippen molar-refractivity contribution >= 4 is 14.1 Å². The maximum atomic E-state index is 13.0. The van der Waals surface area contributed by atoms with Crippen LogP contribution in [0.15, 0.2) is 24.3 Å². The molecule has 4 heteroatoms. The SMILES string of the molecule is C=C1C(=O)[C@@H](O[Si](C)(C)C(C)(C)C)[C@]2(C(C)C)C=C[C@@]1(C)O2. The summed E-state index contributed by atoms with van der Waals surface area (Å²) in [6, 6.07) is 0. The highest BCUT2D eigenvalue weighted by molar-refractivity contribution is 6.74. The van der Waals surface area contributed by atoms with Crippen LogP contribution in [0.3, 0.4) is 0 Å². The van der Waals surface area contributed by atoms with Crippen LogP contribution in [0.1, 0.15) is 41.5 Å². The average molecular weight is 323 g/mol. The third-order valence-electron chi connectivity index (χ3n) is 5.72. The van der Waals surface area contributed by atoms with Crippen LogP contribution in [0, 0.1) is 5.92 Å². The number of carbonyl (C=O) groups excluding carboxylic acids is 1. The van der Waals surface area contributed by atoms with Gasteiger partial charge in [0.2, 0.25) is 0 Å². The molecule has 0 aromatic heterocycles. The Kier molecular flexibility index (Phi) is 3.92. The minimum atomic E-state index is -2.10. The van der Waals surface area contributed by atoms with Gasteiger partial charge in [-0.1, -0.05) is 47.3 Å². The summed E-state index contributed by atoms with van der Waals surface area (Å²) in [5.41, 5.74) is -0.863. The number of hydrogen-bond donors (Lipinski definition) is 0. The molecule has 2 heterocycles. The minimum Gasteiger partial charge on any atom is -0.404 e. The van der Waals surface area contributed by atoms with Crippen molar-refractivity contribution in [2.24, 2.45) is 5.92 Å². The Bertz CT molecular complexity index is 541. The van der Waals surface area contributed by atoms with Crippen LogP contribution in [0.5, 0.6) is 0 Å². The molecule has 0 radical (unpaired) electrons. The van der Waals surface area contributed by atoms with Crippen LogP contribution >= 0.6 is 0 Å². The van der Waals surface area contributed by atoms with Gasteiger partial charge in [-0.25, -0.2) is 0 Å². The van der Waals surface area contributed by atoms with Gasteiger partial charge >= 0.3 is 0 Å². The highest BCUT2D eigenvalue weighted by Gasteiger charge is 2.61. The summed E-state index contributed by atoms with van der Waals surface area (Å²) in [7, 11) is -2.10. The Balaban J connectivity index is 2.47. The van der Waals surface area contributed by atoms with Gasteiger partial charge in [0.25, 0.3) is 0 Å². The van der Waals surface area contributed by atoms with E-state index in [2.05, 4.69) is 54.3 Å². The molecule has 124 valence electrons. The lowest BCUT2D eigenvalue weighted by molar-refractivity contribution is -0.175. The first-order valence-electron chi connectivity index (χ1n) is 8.09. The maximum absolute atomic E-state index is 13.0. The molecular formula is C18H30O3Si. The topological polar surface area (TPSA) is 35.5 Å². The predicted molar refractivity (Wildman–Crippen MR) is 92.4 cm³/mol. The van der Waals surface area contributed by atoms with E-state index in [1.54, 1.807) is 0 Å². The fourth-order valence-electron chi connectivity index (χ4n) is 2.87. The van der Waals surface area contributed by atoms with Crippen LogP contribution in [-0.2, 0) is 14.0 Å². The molecule has 0 unspecified atom stereocenters. The molecule has 1 saturated heterocycles. The molecule has 0 saturated carbocycles. The summed E-state index contributed by atoms with van der Waals surface area (Å²) in [5.74, 6) is 0.148. The van der Waals surface area contributed by atoms with Gasteiger partial charge in [0.05, 0.1) is 0 Å². The number of Topliss-reactive ketones (excluding diaryl/α,β-unsaturated/α-hetero) is 1. The number of carbonyl (C=O) groups is 1. The van der Waals surface area contributed by atoms with E-state index in [1.807, 2.05) is 19.1 Å². The Hall–Kier alpha value is -0.713. The zero-order valence-corrected chi connectivity index (χ0v) is 16.2. The third kappa shape index (κ3) is 2.36. The van der Waals surface area contributed by atoms with Gasteiger partial charge in [0, 0.05) is 5.57 Å². The van der Waals surface area contributed by atoms with Gasteiger partial charge < -0.3 is 9.16 Å². The molecular weight excluding hydrogens is 292 g/mol. The van der Waals surface area contributed by atoms with E-state index in [4.69, 9.17) is 9.16 Å². The first-order chi connectivity index (χ1) is 9.77. The van der Waals surface area contributed by atoms with Crippen molar-refractivity contribution in [3.8, 4) is 0 Å². The summed E-state index contributed by atoms with van der Waals surface area (Å²) in [6.07, 6.45) is 3.42. The van der Waals surface area contributed by atoms with E-state index in [0.717, 1.165) is 0 Å². The quantitative estimate of drug-likeness (QED) is 0.442. The van der Waals surface area contributed by atoms with Crippen molar-refractivity contribution < 1.29 is 14.0 Å². The van der Waals surface area contributed by atoms with Gasteiger partial charge in [0.15, 0.2) is 14.1 Å². The minimum absolute atomic E-state index is 0.00252. The third-order valence-corrected chi connectivity index (χ3v) is 10.2. The number of ketones is 1. The maximum Gasteiger partial charge on any atom is 0.193 e. The van der Waals surface area contributed by atoms with E-state index < -0.39 is 25.6 Å². The van der Waals surface area contributed by atoms with Crippen LogP contribution in [-0.4, -0.2) is 31.4 Å². The molecule has 0 aliphatic carbocycles. The van der Waals surface area contributed by atoms with Gasteiger partial charge in [-0.2, -0.15) is 0 Å². The van der Waals surface area contributed by atoms with Crippen LogP contribution in [0.2, 0.25) is 18.1 Å². The van der Waals surface area contributed by atoms with E-state index in [0.29, 0.717) is 5.57 Å². The molecule has 0 amide bonds. The predicted octanol–water partition coefficient (Wildman–Crippen LogP) is 4.26. The Morgan fingerprint density at radius 3 is 2.32 bits per heavy atom. The zero-order valence-electron chi connectivity index (χ0n) is 15.2. The second kappa shape index (κ2) is 4.89. The number of ether oxygens (including phenoxy) is 1. The van der Waals surface area contributed by atoms with Crippen LogP contribution < -0.4 is 0 Å². The van der Waals surface area contributed by atoms with Gasteiger partial charge in [-0.3, -0.25) is 4.79 Å². The summed E-state index contributed by atoms with van der Waals surface area (Å²) < 4.78 is 12.9. The van der Waals surface area contributed by atoms with Crippen molar-refractivity contribution in [2.75, 3.05) is 0 Å². The van der Waals surface area contributed by atoms with Crippen molar-refractivity contribution in [3.05, 3.63) is 24.3 Å². The summed E-state index contributed by atoms with van der Waals surface area (Å²) in [4.78, 5) is 13.0. The van der Waals surface area contributed by atoms with Crippen molar-refractivity contribution in [1.82, 2.24) is 0 Å². The van der Waals surface area contributed by atoms with Gasteiger partial charge in [-0.05, 0) is 37.0 Å². The second-order valence-corrected chi connectivity index (χ2v) is 13.4. The van der Waals surface area contributed by atoms with E-state index >= 15 is 0 Å². The van der Waals surface area contributed by atoms with Gasteiger partial charge in [-0.15, -0.1) is 0 Å². The van der Waals surface area contributed by atoms with E-state index in [1.165, 1.54) is 0 Å². The molecule has 0 N–H and O–H groups in total. The molecule has 2 bridgehead atoms. The first-order valence-corrected chi connectivity index (χ1v) is 11.0. The monoisotopic (exact) mass is 322 g/mol. The highest BCUT2D eigenvalue weighted by atomic mass is 28.4. The van der Waals surface area contributed by atoms with Gasteiger partial charge in [0.1, 0.15) is 17.3 Å². The molecule has 0 aromatic rings. The molecule has 3 nitrogen and oxygen atoms in total. The average Bonchev–Trinajstić information content (AvgIpc) is 2.70. The lowest BCUT2D eigenvalue weighted by atomic mass is 9.79. The van der Waals surface area contributed by atoms with Crippen LogP contribution in [0.4, 0.5) is 0 Å². The largest absolute Gasteiger partial charge is 0.404 e. The Labute approximate surface area is 135 Å². The Morgan fingerprint density at radius 2 is 1.86 bits per heavy atom. The number of rotatable bonds is 3. The van der Waals surface area contributed by atoms with Crippen LogP contribution in [0.25, 0.3) is 0 Å². The lowest BCUT2D eigenvalue weighted by Gasteiger charge is -2.50. The van der Waals surface area contributed by atoms with Crippen molar-refractivity contribution in [3.63, 3.8) is 0 Å².